The summed E-state index contributed by atoms with van der Waals surface area (Å²) >= 11 is 6.17. The second-order valence-corrected chi connectivity index (χ2v) is 4.50. The lowest BCUT2D eigenvalue weighted by Crippen LogP contribution is -2.22. The third-order valence-corrected chi connectivity index (χ3v) is 3.26. The molecule has 0 bridgehead atoms. The number of halogens is 1. The van der Waals surface area contributed by atoms with Gasteiger partial charge in [0.05, 0.1) is 11.1 Å². The van der Waals surface area contributed by atoms with E-state index in [1.807, 2.05) is 18.3 Å². The van der Waals surface area contributed by atoms with Crippen LogP contribution >= 0.6 is 11.6 Å². The number of β-amino-alcohol motifs (C(OH)–C–C–N with tert-alkyl or cyclic N) is 1. The maximum atomic E-state index is 9.49. The molecule has 0 aromatic carbocycles. The van der Waals surface area contributed by atoms with Gasteiger partial charge in [-0.25, -0.2) is 4.98 Å². The minimum atomic E-state index is -0.250. The molecule has 2 aromatic rings. The van der Waals surface area contributed by atoms with Crippen LogP contribution in [-0.4, -0.2) is 34.3 Å². The van der Waals surface area contributed by atoms with Crippen molar-refractivity contribution in [3.8, 4) is 0 Å². The molecular formula is C11H12ClN3O. The molecule has 84 valence electrons. The minimum absolute atomic E-state index is 0.250. The first kappa shape index (κ1) is 9.93. The summed E-state index contributed by atoms with van der Waals surface area (Å²) < 4.78 is 0. The number of anilines is 1. The predicted molar refractivity (Wildman–Crippen MR) is 63.9 cm³/mol. The van der Waals surface area contributed by atoms with Crippen molar-refractivity contribution in [1.82, 2.24) is 9.97 Å². The number of nitrogens with zero attached hydrogens (tertiary/aromatic N) is 2. The summed E-state index contributed by atoms with van der Waals surface area (Å²) in [5.41, 5.74) is 0.795. The Morgan fingerprint density at radius 1 is 1.56 bits per heavy atom. The molecule has 2 N–H and O–H groups in total. The van der Waals surface area contributed by atoms with Gasteiger partial charge in [0.15, 0.2) is 0 Å². The Hall–Kier alpha value is -1.26. The largest absolute Gasteiger partial charge is 0.391 e. The Balaban J connectivity index is 2.04. The molecule has 1 aliphatic heterocycles. The zero-order valence-electron chi connectivity index (χ0n) is 8.65. The summed E-state index contributed by atoms with van der Waals surface area (Å²) in [5, 5.41) is 11.1. The standard InChI is InChI=1S/C11H12ClN3O/c12-9-5-10(15-4-2-7(16)6-15)14-11-8(9)1-3-13-11/h1,3,5,7,16H,2,4,6H2,(H,13,14)/t7-/m0/s1. The van der Waals surface area contributed by atoms with Gasteiger partial charge in [0.1, 0.15) is 11.5 Å². The Morgan fingerprint density at radius 2 is 2.44 bits per heavy atom. The lowest BCUT2D eigenvalue weighted by Gasteiger charge is -2.16. The number of aromatic nitrogens is 2. The fourth-order valence-electron chi connectivity index (χ4n) is 2.10. The van der Waals surface area contributed by atoms with Crippen molar-refractivity contribution in [2.45, 2.75) is 12.5 Å². The van der Waals surface area contributed by atoms with E-state index in [4.69, 9.17) is 11.6 Å². The zero-order valence-corrected chi connectivity index (χ0v) is 9.41. The summed E-state index contributed by atoms with van der Waals surface area (Å²) in [4.78, 5) is 9.59. The molecular weight excluding hydrogens is 226 g/mol. The third kappa shape index (κ3) is 1.54. The van der Waals surface area contributed by atoms with Crippen LogP contribution in [-0.2, 0) is 0 Å². The quantitative estimate of drug-likeness (QED) is 0.795. The normalized spacial score (nSPS) is 20.9. The van der Waals surface area contributed by atoms with Crippen LogP contribution in [0, 0.1) is 0 Å². The van der Waals surface area contributed by atoms with E-state index < -0.39 is 0 Å². The van der Waals surface area contributed by atoms with Crippen molar-refractivity contribution in [2.75, 3.05) is 18.0 Å². The molecule has 3 heterocycles. The summed E-state index contributed by atoms with van der Waals surface area (Å²) in [6.45, 7) is 1.46. The molecule has 1 aliphatic rings. The number of fused-ring (bicyclic) bond motifs is 1. The maximum absolute atomic E-state index is 9.49. The lowest BCUT2D eigenvalue weighted by molar-refractivity contribution is 0.198. The molecule has 3 rings (SSSR count). The number of aliphatic hydroxyl groups excluding tert-OH is 1. The van der Waals surface area contributed by atoms with Crippen LogP contribution in [0.15, 0.2) is 18.3 Å². The van der Waals surface area contributed by atoms with Gasteiger partial charge in [0.2, 0.25) is 0 Å². The van der Waals surface area contributed by atoms with Gasteiger partial charge in [-0.1, -0.05) is 11.6 Å². The van der Waals surface area contributed by atoms with Crippen LogP contribution in [0.4, 0.5) is 5.82 Å². The number of aliphatic hydroxyl groups is 1. The van der Waals surface area contributed by atoms with E-state index in [9.17, 15) is 5.11 Å². The zero-order chi connectivity index (χ0) is 11.1. The SMILES string of the molecule is O[C@H]1CCN(c2cc(Cl)c3cc[nH]c3n2)C1. The second kappa shape index (κ2) is 3.64. The van der Waals surface area contributed by atoms with E-state index in [1.54, 1.807) is 0 Å². The van der Waals surface area contributed by atoms with E-state index in [2.05, 4.69) is 14.9 Å². The summed E-state index contributed by atoms with van der Waals surface area (Å²) in [5.74, 6) is 0.830. The monoisotopic (exact) mass is 237 g/mol. The summed E-state index contributed by atoms with van der Waals surface area (Å²) in [7, 11) is 0. The first-order chi connectivity index (χ1) is 7.74. The Kier molecular flexibility index (Phi) is 2.26. The van der Waals surface area contributed by atoms with Crippen LogP contribution in [0.5, 0.6) is 0 Å². The van der Waals surface area contributed by atoms with Gasteiger partial charge in [-0.15, -0.1) is 0 Å². The molecule has 0 aliphatic carbocycles. The van der Waals surface area contributed by atoms with Crippen molar-refractivity contribution in [1.29, 1.82) is 0 Å². The third-order valence-electron chi connectivity index (χ3n) is 2.95. The molecule has 16 heavy (non-hydrogen) atoms. The molecule has 0 spiro atoms. The van der Waals surface area contributed by atoms with Crippen LogP contribution in [0.1, 0.15) is 6.42 Å². The van der Waals surface area contributed by atoms with Gasteiger partial charge in [0.25, 0.3) is 0 Å². The Labute approximate surface area is 97.9 Å². The van der Waals surface area contributed by atoms with E-state index in [-0.39, 0.29) is 6.10 Å². The molecule has 1 atom stereocenters. The predicted octanol–water partition coefficient (Wildman–Crippen LogP) is 1.79. The van der Waals surface area contributed by atoms with Crippen LogP contribution in [0.3, 0.4) is 0 Å². The van der Waals surface area contributed by atoms with E-state index >= 15 is 0 Å². The molecule has 5 heteroatoms. The van der Waals surface area contributed by atoms with Gasteiger partial charge in [-0.2, -0.15) is 0 Å². The first-order valence-electron chi connectivity index (χ1n) is 5.30. The Bertz CT molecular complexity index is 525. The van der Waals surface area contributed by atoms with Crippen molar-refractivity contribution >= 4 is 28.5 Å². The average molecular weight is 238 g/mol. The van der Waals surface area contributed by atoms with Crippen molar-refractivity contribution in [2.24, 2.45) is 0 Å². The van der Waals surface area contributed by atoms with Gasteiger partial charge in [0, 0.05) is 30.7 Å². The molecule has 2 aromatic heterocycles. The lowest BCUT2D eigenvalue weighted by atomic mass is 10.3. The smallest absolute Gasteiger partial charge is 0.141 e. The van der Waals surface area contributed by atoms with Crippen LogP contribution in [0.2, 0.25) is 5.02 Å². The first-order valence-corrected chi connectivity index (χ1v) is 5.68. The maximum Gasteiger partial charge on any atom is 0.141 e. The van der Waals surface area contributed by atoms with E-state index in [0.717, 1.165) is 29.8 Å². The molecule has 0 amide bonds. The van der Waals surface area contributed by atoms with Crippen LogP contribution < -0.4 is 4.90 Å². The minimum Gasteiger partial charge on any atom is -0.391 e. The Morgan fingerprint density at radius 3 is 3.19 bits per heavy atom. The number of hydrogen-bond donors (Lipinski definition) is 2. The number of rotatable bonds is 1. The molecule has 1 saturated heterocycles. The second-order valence-electron chi connectivity index (χ2n) is 4.09. The van der Waals surface area contributed by atoms with Gasteiger partial charge >= 0.3 is 0 Å². The number of nitrogens with one attached hydrogen (secondary N) is 1. The van der Waals surface area contributed by atoms with E-state index in [0.29, 0.717) is 11.6 Å². The number of aromatic amines is 1. The number of H-pyrrole nitrogens is 1. The molecule has 4 nitrogen and oxygen atoms in total. The molecule has 0 radical (unpaired) electrons. The number of pyridine rings is 1. The highest BCUT2D eigenvalue weighted by Crippen LogP contribution is 2.27. The van der Waals surface area contributed by atoms with Crippen LogP contribution in [0.25, 0.3) is 11.0 Å². The van der Waals surface area contributed by atoms with Gasteiger partial charge < -0.3 is 15.0 Å². The molecule has 0 unspecified atom stereocenters. The van der Waals surface area contributed by atoms with Crippen molar-refractivity contribution in [3.63, 3.8) is 0 Å². The summed E-state index contributed by atoms with van der Waals surface area (Å²) in [6, 6.07) is 3.77. The molecule has 1 fully saturated rings. The average Bonchev–Trinajstić information content (AvgIpc) is 2.85. The fourth-order valence-corrected chi connectivity index (χ4v) is 2.35. The highest BCUT2D eigenvalue weighted by Gasteiger charge is 2.22. The van der Waals surface area contributed by atoms with Crippen molar-refractivity contribution < 1.29 is 5.11 Å². The van der Waals surface area contributed by atoms with E-state index in [1.165, 1.54) is 0 Å². The molecule has 0 saturated carbocycles. The number of hydrogen-bond acceptors (Lipinski definition) is 3. The van der Waals surface area contributed by atoms with Gasteiger partial charge in [-0.3, -0.25) is 0 Å². The highest BCUT2D eigenvalue weighted by atomic mass is 35.5. The van der Waals surface area contributed by atoms with Gasteiger partial charge in [-0.05, 0) is 12.5 Å². The highest BCUT2D eigenvalue weighted by molar-refractivity contribution is 6.35. The fraction of sp³-hybridized carbons (Fsp3) is 0.364. The summed E-state index contributed by atoms with van der Waals surface area (Å²) in [6.07, 6.45) is 2.37. The topological polar surface area (TPSA) is 52.1 Å². The van der Waals surface area contributed by atoms with Crippen molar-refractivity contribution in [3.05, 3.63) is 23.4 Å².